The molecule has 0 aromatic carbocycles. The summed E-state index contributed by atoms with van der Waals surface area (Å²) in [4.78, 5) is 73.0. The van der Waals surface area contributed by atoms with Crippen LogP contribution in [0.2, 0.25) is 0 Å². The lowest BCUT2D eigenvalue weighted by atomic mass is 10.0. The standard InChI is InChI=1S/C83H158O17P2/c1-7-9-11-13-15-17-19-21-23-24-25-26-27-28-29-31-33-38-42-48-55-61-67-82(87)99-78(71-93-80(85)65-59-53-47-41-37-32-30-22-20-18-16-14-12-10-8-2)73-97-101(89,90)95-69-77(84)70-96-102(91,92)98-74-79(72-94-81(86)66-60-54-50-44-46-52-58-64-76(5)6)100-83(88)68-62-56-49-43-39-35-34-36-40-45-51-57-63-75(3)4/h18,20,22,30,75-79,84H,7-17,19,21,23-29,31-74H2,1-6H3,(H,89,90)(H,91,92)/b20-18-,30-22-/t77-,78-,79-/m1/s1. The van der Waals surface area contributed by atoms with E-state index in [2.05, 4.69) is 65.8 Å². The predicted molar refractivity (Wildman–Crippen MR) is 418 cm³/mol. The van der Waals surface area contributed by atoms with Crippen molar-refractivity contribution in [2.45, 2.75) is 432 Å². The third kappa shape index (κ3) is 75.8. The minimum Gasteiger partial charge on any atom is -0.462 e. The maximum Gasteiger partial charge on any atom is 0.472 e. The van der Waals surface area contributed by atoms with Crippen molar-refractivity contribution < 1.29 is 80.2 Å². The molecule has 0 spiro atoms. The van der Waals surface area contributed by atoms with Gasteiger partial charge in [0.05, 0.1) is 26.4 Å². The Morgan fingerprint density at radius 3 is 0.804 bits per heavy atom. The lowest BCUT2D eigenvalue weighted by Crippen LogP contribution is -2.30. The Bertz CT molecular complexity index is 2050. The van der Waals surface area contributed by atoms with Crippen molar-refractivity contribution in [3.8, 4) is 0 Å². The molecule has 19 heteroatoms. The summed E-state index contributed by atoms with van der Waals surface area (Å²) in [7, 11) is -9.93. The van der Waals surface area contributed by atoms with Crippen LogP contribution in [0.3, 0.4) is 0 Å². The van der Waals surface area contributed by atoms with E-state index in [1.54, 1.807) is 0 Å². The minimum atomic E-state index is -4.97. The summed E-state index contributed by atoms with van der Waals surface area (Å²) in [5.74, 6) is -0.661. The van der Waals surface area contributed by atoms with Gasteiger partial charge >= 0.3 is 39.5 Å². The number of hydrogen-bond donors (Lipinski definition) is 3. The normalized spacial score (nSPS) is 14.0. The molecule has 0 aliphatic heterocycles. The quantitative estimate of drug-likeness (QED) is 0.0169. The molecular weight excluding hydrogens is 1330 g/mol. The Morgan fingerprint density at radius 1 is 0.304 bits per heavy atom. The molecule has 5 atom stereocenters. The maximum absolute atomic E-state index is 13.1. The summed E-state index contributed by atoms with van der Waals surface area (Å²) >= 11 is 0. The van der Waals surface area contributed by atoms with Gasteiger partial charge in [-0.3, -0.25) is 37.3 Å². The molecule has 0 aliphatic carbocycles. The summed E-state index contributed by atoms with van der Waals surface area (Å²) in [5, 5.41) is 10.6. The van der Waals surface area contributed by atoms with Crippen molar-refractivity contribution in [2.75, 3.05) is 39.6 Å². The fourth-order valence-electron chi connectivity index (χ4n) is 12.3. The van der Waals surface area contributed by atoms with E-state index in [1.807, 2.05) is 0 Å². The number of phosphoric acid groups is 2. The number of hydrogen-bond acceptors (Lipinski definition) is 15. The summed E-state index contributed by atoms with van der Waals surface area (Å²) in [6.45, 7) is 9.52. The second kappa shape index (κ2) is 74.0. The molecule has 0 saturated carbocycles. The molecule has 2 unspecified atom stereocenters. The number of phosphoric ester groups is 2. The van der Waals surface area contributed by atoms with E-state index in [9.17, 15) is 43.2 Å². The molecule has 102 heavy (non-hydrogen) atoms. The van der Waals surface area contributed by atoms with Crippen molar-refractivity contribution in [3.63, 3.8) is 0 Å². The first-order valence-corrected chi connectivity index (χ1v) is 45.3. The van der Waals surface area contributed by atoms with Crippen LogP contribution in [0, 0.1) is 11.8 Å². The first kappa shape index (κ1) is 99.5. The molecule has 17 nitrogen and oxygen atoms in total. The number of carbonyl (C=O) groups excluding carboxylic acids is 4. The van der Waals surface area contributed by atoms with Crippen LogP contribution in [0.1, 0.15) is 414 Å². The Labute approximate surface area is 624 Å². The van der Waals surface area contributed by atoms with Crippen molar-refractivity contribution in [1.29, 1.82) is 0 Å². The number of rotatable bonds is 80. The Balaban J connectivity index is 5.24. The molecule has 0 fully saturated rings. The molecule has 602 valence electrons. The summed E-state index contributed by atoms with van der Waals surface area (Å²) < 4.78 is 68.7. The third-order valence-corrected chi connectivity index (χ3v) is 20.7. The third-order valence-electron chi connectivity index (χ3n) is 18.8. The van der Waals surface area contributed by atoms with Gasteiger partial charge in [-0.15, -0.1) is 0 Å². The van der Waals surface area contributed by atoms with Gasteiger partial charge in [0.2, 0.25) is 0 Å². The smallest absolute Gasteiger partial charge is 0.462 e. The van der Waals surface area contributed by atoms with E-state index in [0.717, 1.165) is 121 Å². The van der Waals surface area contributed by atoms with Gasteiger partial charge in [0, 0.05) is 25.7 Å². The predicted octanol–water partition coefficient (Wildman–Crippen LogP) is 24.6. The van der Waals surface area contributed by atoms with Crippen molar-refractivity contribution in [3.05, 3.63) is 24.3 Å². The highest BCUT2D eigenvalue weighted by molar-refractivity contribution is 7.47. The lowest BCUT2D eigenvalue weighted by molar-refractivity contribution is -0.161. The molecule has 0 radical (unpaired) electrons. The zero-order chi connectivity index (χ0) is 74.9. The molecule has 0 aromatic rings. The Hall–Kier alpha value is -2.46. The van der Waals surface area contributed by atoms with Gasteiger partial charge in [0.15, 0.2) is 12.2 Å². The second-order valence-electron chi connectivity index (χ2n) is 30.1. The molecule has 0 aliphatic rings. The molecule has 0 saturated heterocycles. The van der Waals surface area contributed by atoms with E-state index in [0.29, 0.717) is 31.6 Å². The number of allylic oxidation sites excluding steroid dienone is 4. The lowest BCUT2D eigenvalue weighted by Gasteiger charge is -2.21. The molecule has 0 heterocycles. The average molecular weight is 1490 g/mol. The van der Waals surface area contributed by atoms with Crippen LogP contribution in [0.15, 0.2) is 24.3 Å². The van der Waals surface area contributed by atoms with Gasteiger partial charge in [-0.05, 0) is 63.2 Å². The zero-order valence-corrected chi connectivity index (χ0v) is 68.2. The minimum absolute atomic E-state index is 0.102. The van der Waals surface area contributed by atoms with Crippen LogP contribution in [0.4, 0.5) is 0 Å². The van der Waals surface area contributed by atoms with Crippen molar-refractivity contribution >= 4 is 39.5 Å². The summed E-state index contributed by atoms with van der Waals surface area (Å²) in [5.41, 5.74) is 0. The van der Waals surface area contributed by atoms with Crippen LogP contribution in [-0.2, 0) is 65.4 Å². The van der Waals surface area contributed by atoms with E-state index < -0.39 is 97.5 Å². The van der Waals surface area contributed by atoms with E-state index in [-0.39, 0.29) is 25.7 Å². The number of esters is 4. The van der Waals surface area contributed by atoms with Crippen LogP contribution < -0.4 is 0 Å². The van der Waals surface area contributed by atoms with Gasteiger partial charge in [-0.2, -0.15) is 0 Å². The van der Waals surface area contributed by atoms with Gasteiger partial charge in [-0.25, -0.2) is 9.13 Å². The van der Waals surface area contributed by atoms with Gasteiger partial charge in [0.1, 0.15) is 19.3 Å². The molecule has 0 rings (SSSR count). The fraction of sp³-hybridized carbons (Fsp3) is 0.904. The zero-order valence-electron chi connectivity index (χ0n) is 66.4. The largest absolute Gasteiger partial charge is 0.472 e. The highest BCUT2D eigenvalue weighted by Crippen LogP contribution is 2.45. The first-order valence-electron chi connectivity index (χ1n) is 42.3. The SMILES string of the molecule is CCCCCC/C=C\C=C/CCCCCCCC(=O)OC[C@H](COP(=O)(O)OC[C@@H](O)COP(=O)(O)OC[C@@H](COC(=O)CCCCCCCCCC(C)C)OC(=O)CCCCCCCCCCCCCCC(C)C)OC(=O)CCCCCCCCCCCCCCCCCCCCCCCC. The number of carbonyl (C=O) groups is 4. The molecule has 0 aromatic heterocycles. The van der Waals surface area contributed by atoms with Crippen molar-refractivity contribution in [2.24, 2.45) is 11.8 Å². The van der Waals surface area contributed by atoms with Crippen LogP contribution in [0.25, 0.3) is 0 Å². The Morgan fingerprint density at radius 2 is 0.529 bits per heavy atom. The topological polar surface area (TPSA) is 237 Å². The van der Waals surface area contributed by atoms with E-state index in [1.165, 1.54) is 205 Å². The fourth-order valence-corrected chi connectivity index (χ4v) is 13.9. The maximum atomic E-state index is 13.1. The van der Waals surface area contributed by atoms with Crippen LogP contribution in [0.5, 0.6) is 0 Å². The van der Waals surface area contributed by atoms with E-state index >= 15 is 0 Å². The van der Waals surface area contributed by atoms with Gasteiger partial charge < -0.3 is 33.8 Å². The highest BCUT2D eigenvalue weighted by Gasteiger charge is 2.30. The first-order chi connectivity index (χ1) is 49.4. The average Bonchev–Trinajstić information content (AvgIpc) is 0.911. The number of aliphatic hydroxyl groups is 1. The highest BCUT2D eigenvalue weighted by atomic mass is 31.2. The molecule has 0 bridgehead atoms. The molecular formula is C83H158O17P2. The summed E-state index contributed by atoms with van der Waals surface area (Å²) in [6.07, 6.45) is 67.6. The number of unbranched alkanes of at least 4 members (excludes halogenated alkanes) is 47. The van der Waals surface area contributed by atoms with Gasteiger partial charge in [-0.1, -0.05) is 361 Å². The molecule has 3 N–H and O–H groups in total. The van der Waals surface area contributed by atoms with Gasteiger partial charge in [0.25, 0.3) is 0 Å². The molecule has 0 amide bonds. The van der Waals surface area contributed by atoms with Crippen LogP contribution in [-0.4, -0.2) is 96.7 Å². The van der Waals surface area contributed by atoms with Crippen LogP contribution >= 0.6 is 15.6 Å². The Kier molecular flexibility index (Phi) is 72.2. The van der Waals surface area contributed by atoms with E-state index in [4.69, 9.17) is 37.0 Å². The van der Waals surface area contributed by atoms with Crippen molar-refractivity contribution in [1.82, 2.24) is 0 Å². The monoisotopic (exact) mass is 1490 g/mol. The second-order valence-corrected chi connectivity index (χ2v) is 33.0. The number of aliphatic hydroxyl groups excluding tert-OH is 1. The number of ether oxygens (including phenoxy) is 4. The summed E-state index contributed by atoms with van der Waals surface area (Å²) in [6, 6.07) is 0.